The van der Waals surface area contributed by atoms with E-state index in [4.69, 9.17) is 0 Å². The van der Waals surface area contributed by atoms with Gasteiger partial charge in [-0.2, -0.15) is 0 Å². The second-order valence-corrected chi connectivity index (χ2v) is 5.91. The van der Waals surface area contributed by atoms with Crippen LogP contribution >= 0.6 is 11.8 Å². The lowest BCUT2D eigenvalue weighted by atomic mass is 10.1. The fourth-order valence-electron chi connectivity index (χ4n) is 1.99. The van der Waals surface area contributed by atoms with Crippen molar-refractivity contribution in [2.24, 2.45) is 0 Å². The van der Waals surface area contributed by atoms with Gasteiger partial charge in [-0.1, -0.05) is 29.5 Å². The molecule has 0 fully saturated rings. The third kappa shape index (κ3) is 3.84. The molecule has 0 heterocycles. The van der Waals surface area contributed by atoms with Crippen LogP contribution in [0.4, 0.5) is 0 Å². The molecule has 0 unspecified atom stereocenters. The molecule has 0 aliphatic rings. The summed E-state index contributed by atoms with van der Waals surface area (Å²) < 4.78 is 9.29. The number of rotatable bonds is 4. The highest BCUT2D eigenvalue weighted by Crippen LogP contribution is 2.34. The average molecular weight is 332 g/mol. The van der Waals surface area contributed by atoms with Gasteiger partial charge in [-0.3, -0.25) is 0 Å². The van der Waals surface area contributed by atoms with E-state index >= 15 is 0 Å². The minimum Gasteiger partial charge on any atom is -0.507 e. The van der Waals surface area contributed by atoms with Crippen LogP contribution in [0.1, 0.15) is 26.3 Å². The van der Waals surface area contributed by atoms with Gasteiger partial charge in [-0.25, -0.2) is 9.59 Å². The first-order chi connectivity index (χ1) is 11.0. The Kier molecular flexibility index (Phi) is 5.28. The van der Waals surface area contributed by atoms with E-state index in [-0.39, 0.29) is 16.9 Å². The summed E-state index contributed by atoms with van der Waals surface area (Å²) >= 11 is 1.36. The number of methoxy groups -OCH3 is 2. The number of carbonyl (C=O) groups excluding carboxylic acids is 2. The van der Waals surface area contributed by atoms with Crippen LogP contribution in [-0.2, 0) is 9.47 Å². The summed E-state index contributed by atoms with van der Waals surface area (Å²) in [6.45, 7) is 1.99. The smallest absolute Gasteiger partial charge is 0.342 e. The number of carbonyl (C=O) groups is 2. The van der Waals surface area contributed by atoms with Gasteiger partial charge in [0.15, 0.2) is 0 Å². The molecule has 0 bridgehead atoms. The molecular weight excluding hydrogens is 316 g/mol. The van der Waals surface area contributed by atoms with Crippen LogP contribution in [0.25, 0.3) is 0 Å². The minimum absolute atomic E-state index is 0.0334. The molecule has 0 radical (unpaired) electrons. The summed E-state index contributed by atoms with van der Waals surface area (Å²) in [5, 5.41) is 10.1. The van der Waals surface area contributed by atoms with Crippen molar-refractivity contribution in [1.82, 2.24) is 0 Å². The molecule has 2 aromatic carbocycles. The number of hydrogen-bond donors (Lipinski definition) is 1. The lowest BCUT2D eigenvalue weighted by Gasteiger charge is -2.11. The second kappa shape index (κ2) is 7.19. The summed E-state index contributed by atoms with van der Waals surface area (Å²) in [4.78, 5) is 25.2. The van der Waals surface area contributed by atoms with Crippen molar-refractivity contribution >= 4 is 23.7 Å². The van der Waals surface area contributed by atoms with E-state index in [2.05, 4.69) is 9.47 Å². The van der Waals surface area contributed by atoms with Gasteiger partial charge >= 0.3 is 11.9 Å². The highest BCUT2D eigenvalue weighted by atomic mass is 32.2. The fourth-order valence-corrected chi connectivity index (χ4v) is 2.88. The predicted octanol–water partition coefficient (Wildman–Crippen LogP) is 3.43. The van der Waals surface area contributed by atoms with Crippen LogP contribution in [0.15, 0.2) is 46.2 Å². The number of ether oxygens (including phenoxy) is 2. The Morgan fingerprint density at radius 3 is 2.13 bits per heavy atom. The van der Waals surface area contributed by atoms with Crippen molar-refractivity contribution in [3.63, 3.8) is 0 Å². The van der Waals surface area contributed by atoms with E-state index in [0.29, 0.717) is 4.90 Å². The molecule has 2 aromatic rings. The number of esters is 2. The Morgan fingerprint density at radius 2 is 1.57 bits per heavy atom. The topological polar surface area (TPSA) is 72.8 Å². The first-order valence-electron chi connectivity index (χ1n) is 6.74. The van der Waals surface area contributed by atoms with E-state index in [1.54, 1.807) is 0 Å². The molecule has 0 atom stereocenters. The number of phenols is 1. The van der Waals surface area contributed by atoms with Crippen LogP contribution < -0.4 is 0 Å². The maximum absolute atomic E-state index is 11.9. The van der Waals surface area contributed by atoms with Crippen LogP contribution in [0.3, 0.4) is 0 Å². The van der Waals surface area contributed by atoms with E-state index in [1.165, 1.54) is 38.1 Å². The van der Waals surface area contributed by atoms with Crippen molar-refractivity contribution in [2.45, 2.75) is 16.7 Å². The lowest BCUT2D eigenvalue weighted by Crippen LogP contribution is -2.12. The molecule has 0 amide bonds. The zero-order valence-corrected chi connectivity index (χ0v) is 13.8. The normalized spacial score (nSPS) is 10.2. The maximum atomic E-state index is 11.9. The first-order valence-corrected chi connectivity index (χ1v) is 7.56. The Labute approximate surface area is 138 Å². The largest absolute Gasteiger partial charge is 0.507 e. The molecule has 2 rings (SSSR count). The quantitative estimate of drug-likeness (QED) is 0.865. The molecule has 0 aromatic heterocycles. The Morgan fingerprint density at radius 1 is 0.957 bits per heavy atom. The van der Waals surface area contributed by atoms with Gasteiger partial charge in [-0.15, -0.1) is 0 Å². The third-order valence-corrected chi connectivity index (χ3v) is 4.12. The molecule has 120 valence electrons. The number of benzene rings is 2. The second-order valence-electron chi connectivity index (χ2n) is 4.76. The van der Waals surface area contributed by atoms with E-state index < -0.39 is 11.9 Å². The van der Waals surface area contributed by atoms with Gasteiger partial charge in [0, 0.05) is 9.79 Å². The van der Waals surface area contributed by atoms with Gasteiger partial charge in [0.05, 0.1) is 19.8 Å². The highest BCUT2D eigenvalue weighted by Gasteiger charge is 2.24. The molecule has 0 aliphatic carbocycles. The van der Waals surface area contributed by atoms with Gasteiger partial charge < -0.3 is 14.6 Å². The summed E-state index contributed by atoms with van der Waals surface area (Å²) in [5.74, 6) is -1.84. The van der Waals surface area contributed by atoms with Gasteiger partial charge in [0.25, 0.3) is 0 Å². The van der Waals surface area contributed by atoms with Crippen molar-refractivity contribution < 1.29 is 24.2 Å². The summed E-state index contributed by atoms with van der Waals surface area (Å²) in [6.07, 6.45) is 0. The van der Waals surface area contributed by atoms with Gasteiger partial charge in [-0.05, 0) is 31.2 Å². The monoisotopic (exact) mass is 332 g/mol. The highest BCUT2D eigenvalue weighted by molar-refractivity contribution is 7.99. The zero-order valence-electron chi connectivity index (χ0n) is 13.0. The van der Waals surface area contributed by atoms with E-state index in [9.17, 15) is 14.7 Å². The average Bonchev–Trinajstić information content (AvgIpc) is 2.55. The Bertz CT molecular complexity index is 737. The number of hydrogen-bond acceptors (Lipinski definition) is 6. The molecule has 23 heavy (non-hydrogen) atoms. The lowest BCUT2D eigenvalue weighted by molar-refractivity contribution is 0.0552. The molecule has 0 spiro atoms. The number of aromatic hydroxyl groups is 1. The summed E-state index contributed by atoms with van der Waals surface area (Å²) in [6, 6.07) is 10.7. The summed E-state index contributed by atoms with van der Waals surface area (Å²) in [7, 11) is 2.39. The first kappa shape index (κ1) is 16.9. The van der Waals surface area contributed by atoms with E-state index in [0.717, 1.165) is 10.5 Å². The molecule has 0 saturated carbocycles. The molecule has 0 aliphatic heterocycles. The Balaban J connectivity index is 2.46. The van der Waals surface area contributed by atoms with Crippen LogP contribution in [0.2, 0.25) is 0 Å². The standard InChI is InChI=1S/C17H16O5S/c1-10-4-6-11(7-5-10)23-12-8-13(16(19)21-2)15(14(18)9-12)17(20)22-3/h4-9,18H,1-3H3. The van der Waals surface area contributed by atoms with Crippen LogP contribution in [0.5, 0.6) is 5.75 Å². The number of phenolic OH excluding ortho intramolecular Hbond substituents is 1. The number of aryl methyl sites for hydroxylation is 1. The molecule has 6 heteroatoms. The third-order valence-electron chi connectivity index (χ3n) is 3.14. The minimum atomic E-state index is -0.796. The maximum Gasteiger partial charge on any atom is 0.342 e. The van der Waals surface area contributed by atoms with Crippen LogP contribution in [0, 0.1) is 6.92 Å². The Hall–Kier alpha value is -2.47. The molecule has 1 N–H and O–H groups in total. The van der Waals surface area contributed by atoms with Crippen molar-refractivity contribution in [1.29, 1.82) is 0 Å². The van der Waals surface area contributed by atoms with Crippen molar-refractivity contribution in [3.05, 3.63) is 53.1 Å². The molecular formula is C17H16O5S. The molecule has 5 nitrogen and oxygen atoms in total. The predicted molar refractivity (Wildman–Crippen MR) is 86.1 cm³/mol. The zero-order chi connectivity index (χ0) is 17.0. The van der Waals surface area contributed by atoms with Gasteiger partial charge in [0.1, 0.15) is 11.3 Å². The van der Waals surface area contributed by atoms with Gasteiger partial charge in [0.2, 0.25) is 0 Å². The van der Waals surface area contributed by atoms with Crippen molar-refractivity contribution in [3.8, 4) is 5.75 Å². The van der Waals surface area contributed by atoms with E-state index in [1.807, 2.05) is 31.2 Å². The SMILES string of the molecule is COC(=O)c1cc(Sc2ccc(C)cc2)cc(O)c1C(=O)OC. The summed E-state index contributed by atoms with van der Waals surface area (Å²) in [5.41, 5.74) is 0.898. The van der Waals surface area contributed by atoms with Crippen molar-refractivity contribution in [2.75, 3.05) is 14.2 Å². The molecule has 0 saturated heterocycles. The van der Waals surface area contributed by atoms with Crippen LogP contribution in [-0.4, -0.2) is 31.3 Å². The fraction of sp³-hybridized carbons (Fsp3) is 0.176.